The number of benzene rings is 3. The van der Waals surface area contributed by atoms with Crippen LogP contribution in [0.1, 0.15) is 43.9 Å². The van der Waals surface area contributed by atoms with Gasteiger partial charge in [0.1, 0.15) is 5.84 Å². The molecule has 1 saturated heterocycles. The lowest BCUT2D eigenvalue weighted by molar-refractivity contribution is -0.186. The van der Waals surface area contributed by atoms with Gasteiger partial charge in [-0.05, 0) is 30.5 Å². The molecule has 2 aliphatic heterocycles. The van der Waals surface area contributed by atoms with Gasteiger partial charge in [0.15, 0.2) is 0 Å². The van der Waals surface area contributed by atoms with Crippen LogP contribution in [0.3, 0.4) is 0 Å². The van der Waals surface area contributed by atoms with E-state index in [4.69, 9.17) is 4.84 Å². The number of hydrazine groups is 1. The van der Waals surface area contributed by atoms with Crippen molar-refractivity contribution in [3.05, 3.63) is 119 Å². The molecule has 0 bridgehead atoms. The molecule has 7 nitrogen and oxygen atoms in total. The molecule has 0 radical (unpaired) electrons. The SMILES string of the molecule is CC(=O)ON1NC(CC2C(=O)NC2SC(c2ccccc2)(c2ccccc2)c2ccccc2)=NC(C)=C1C. The minimum atomic E-state index is -0.557. The number of hydroxylamine groups is 1. The molecule has 3 aromatic rings. The molecule has 5 rings (SSSR count). The standard InChI is InChI=1S/C30H30N4O3S/c1-20-21(2)34(37-22(3)35)33-27(31-20)19-26-28(36)32-29(26)38-30(23-13-7-4-8-14-23,24-15-9-5-10-16-24)25-17-11-6-12-18-25/h4-18,26,29H,19H2,1-3H3,(H,31,33)(H,32,36). The third kappa shape index (κ3) is 4.91. The second-order valence-corrected chi connectivity index (χ2v) is 10.7. The van der Waals surface area contributed by atoms with Crippen molar-refractivity contribution in [2.24, 2.45) is 10.9 Å². The Bertz CT molecular complexity index is 1280. The van der Waals surface area contributed by atoms with Crippen molar-refractivity contribution in [3.8, 4) is 0 Å². The highest BCUT2D eigenvalue weighted by atomic mass is 32.2. The van der Waals surface area contributed by atoms with Crippen molar-refractivity contribution >= 4 is 29.5 Å². The van der Waals surface area contributed by atoms with Crippen molar-refractivity contribution in [1.82, 2.24) is 15.9 Å². The fourth-order valence-corrected chi connectivity index (χ4v) is 6.55. The number of allylic oxidation sites excluding steroid dienone is 2. The lowest BCUT2D eigenvalue weighted by atomic mass is 9.84. The molecule has 2 unspecified atom stereocenters. The summed E-state index contributed by atoms with van der Waals surface area (Å²) in [5, 5.41) is 4.28. The molecule has 3 aromatic carbocycles. The van der Waals surface area contributed by atoms with E-state index in [1.807, 2.05) is 32.0 Å². The van der Waals surface area contributed by atoms with Crippen LogP contribution in [0.25, 0.3) is 0 Å². The number of β-lactam (4-membered cyclic amide) rings is 1. The molecule has 0 saturated carbocycles. The molecule has 1 amide bonds. The third-order valence-electron chi connectivity index (χ3n) is 6.83. The molecule has 1 fully saturated rings. The van der Waals surface area contributed by atoms with Crippen molar-refractivity contribution in [2.75, 3.05) is 0 Å². The zero-order valence-corrected chi connectivity index (χ0v) is 22.4. The smallest absolute Gasteiger partial charge is 0.331 e. The second-order valence-electron chi connectivity index (χ2n) is 9.36. The Morgan fingerprint density at radius 1 is 0.921 bits per heavy atom. The summed E-state index contributed by atoms with van der Waals surface area (Å²) in [5.41, 5.74) is 7.85. The van der Waals surface area contributed by atoms with E-state index < -0.39 is 10.7 Å². The van der Waals surface area contributed by atoms with E-state index >= 15 is 0 Å². The number of amides is 1. The van der Waals surface area contributed by atoms with E-state index in [1.165, 1.54) is 12.1 Å². The maximum absolute atomic E-state index is 12.9. The summed E-state index contributed by atoms with van der Waals surface area (Å²) in [6.07, 6.45) is 0.375. The Kier molecular flexibility index (Phi) is 7.24. The second kappa shape index (κ2) is 10.8. The van der Waals surface area contributed by atoms with Crippen LogP contribution in [0.2, 0.25) is 0 Å². The molecule has 194 valence electrons. The van der Waals surface area contributed by atoms with Crippen LogP contribution < -0.4 is 10.7 Å². The van der Waals surface area contributed by atoms with E-state index in [9.17, 15) is 9.59 Å². The van der Waals surface area contributed by atoms with Crippen LogP contribution in [0.15, 0.2) is 107 Å². The monoisotopic (exact) mass is 526 g/mol. The minimum Gasteiger partial charge on any atom is -0.343 e. The molecule has 8 heteroatoms. The Morgan fingerprint density at radius 3 is 1.87 bits per heavy atom. The number of aliphatic imine (C=N–C) groups is 1. The lowest BCUT2D eigenvalue weighted by Gasteiger charge is -2.44. The van der Waals surface area contributed by atoms with Gasteiger partial charge in [0.2, 0.25) is 5.91 Å². The molecule has 2 heterocycles. The fourth-order valence-electron chi connectivity index (χ4n) is 4.79. The van der Waals surface area contributed by atoms with Gasteiger partial charge in [-0.1, -0.05) is 91.0 Å². The van der Waals surface area contributed by atoms with E-state index in [0.717, 1.165) is 22.4 Å². The predicted octanol–water partition coefficient (Wildman–Crippen LogP) is 5.12. The number of nitrogens with zero attached hydrogens (tertiary/aromatic N) is 2. The molecule has 0 spiro atoms. The van der Waals surface area contributed by atoms with Gasteiger partial charge in [-0.25, -0.2) is 9.79 Å². The number of hydrogen-bond donors (Lipinski definition) is 2. The first-order valence-electron chi connectivity index (χ1n) is 12.5. The Hall–Kier alpha value is -4.04. The zero-order chi connectivity index (χ0) is 26.7. The summed E-state index contributed by atoms with van der Waals surface area (Å²) in [7, 11) is 0. The average molecular weight is 527 g/mol. The summed E-state index contributed by atoms with van der Waals surface area (Å²) in [6.45, 7) is 5.01. The first-order valence-corrected chi connectivity index (χ1v) is 13.4. The molecular weight excluding hydrogens is 496 g/mol. The third-order valence-corrected chi connectivity index (χ3v) is 8.59. The maximum Gasteiger partial charge on any atom is 0.331 e. The summed E-state index contributed by atoms with van der Waals surface area (Å²) in [6, 6.07) is 31.2. The van der Waals surface area contributed by atoms with Gasteiger partial charge >= 0.3 is 5.97 Å². The molecule has 0 aromatic heterocycles. The highest BCUT2D eigenvalue weighted by molar-refractivity contribution is 8.01. The van der Waals surface area contributed by atoms with Crippen LogP contribution in [-0.2, 0) is 19.2 Å². The predicted molar refractivity (Wildman–Crippen MR) is 149 cm³/mol. The summed E-state index contributed by atoms with van der Waals surface area (Å²) >= 11 is 1.73. The molecule has 38 heavy (non-hydrogen) atoms. The Balaban J connectivity index is 1.50. The average Bonchev–Trinajstić information content (AvgIpc) is 2.93. The van der Waals surface area contributed by atoms with Crippen LogP contribution in [0, 0.1) is 5.92 Å². The van der Waals surface area contributed by atoms with Crippen molar-refractivity contribution in [2.45, 2.75) is 37.3 Å². The first-order chi connectivity index (χ1) is 18.4. The van der Waals surface area contributed by atoms with Gasteiger partial charge in [-0.3, -0.25) is 10.2 Å². The summed E-state index contributed by atoms with van der Waals surface area (Å²) in [4.78, 5) is 34.4. The van der Waals surface area contributed by atoms with Crippen molar-refractivity contribution in [1.29, 1.82) is 0 Å². The van der Waals surface area contributed by atoms with E-state index in [1.54, 1.807) is 11.8 Å². The van der Waals surface area contributed by atoms with Gasteiger partial charge in [-0.2, -0.15) is 0 Å². The molecule has 2 aliphatic rings. The Labute approximate surface area is 226 Å². The first kappa shape index (κ1) is 25.6. The van der Waals surface area contributed by atoms with Gasteiger partial charge in [0.25, 0.3) is 0 Å². The Morgan fingerprint density at radius 2 is 1.42 bits per heavy atom. The number of carbonyl (C=O) groups excluding carboxylic acids is 2. The highest BCUT2D eigenvalue weighted by Gasteiger charge is 2.48. The number of rotatable bonds is 8. The van der Waals surface area contributed by atoms with Crippen molar-refractivity contribution < 1.29 is 14.4 Å². The quantitative estimate of drug-likeness (QED) is 0.313. The number of hydrogen-bond acceptors (Lipinski definition) is 7. The number of amidine groups is 1. The van der Waals surface area contributed by atoms with Gasteiger partial charge in [0.05, 0.1) is 27.4 Å². The summed E-state index contributed by atoms with van der Waals surface area (Å²) < 4.78 is -0.557. The summed E-state index contributed by atoms with van der Waals surface area (Å²) in [5.74, 6) is -0.228. The van der Waals surface area contributed by atoms with Gasteiger partial charge < -0.3 is 10.2 Å². The van der Waals surface area contributed by atoms with Gasteiger partial charge in [0, 0.05) is 13.3 Å². The van der Waals surface area contributed by atoms with E-state index in [0.29, 0.717) is 18.0 Å². The van der Waals surface area contributed by atoms with Crippen LogP contribution in [-0.4, -0.2) is 28.3 Å². The zero-order valence-electron chi connectivity index (χ0n) is 21.5. The number of thioether (sulfide) groups is 1. The number of nitrogens with one attached hydrogen (secondary N) is 2. The molecule has 0 aliphatic carbocycles. The van der Waals surface area contributed by atoms with Gasteiger partial charge in [-0.15, -0.1) is 16.9 Å². The van der Waals surface area contributed by atoms with Crippen LogP contribution in [0.4, 0.5) is 0 Å². The van der Waals surface area contributed by atoms with Crippen LogP contribution >= 0.6 is 11.8 Å². The fraction of sp³-hybridized carbons (Fsp3) is 0.233. The minimum absolute atomic E-state index is 0.0296. The topological polar surface area (TPSA) is 83.0 Å². The largest absolute Gasteiger partial charge is 0.343 e. The van der Waals surface area contributed by atoms with E-state index in [2.05, 4.69) is 88.5 Å². The van der Waals surface area contributed by atoms with Crippen molar-refractivity contribution in [3.63, 3.8) is 0 Å². The normalized spacial score (nSPS) is 19.2. The van der Waals surface area contributed by atoms with E-state index in [-0.39, 0.29) is 17.2 Å². The molecule has 2 N–H and O–H groups in total. The maximum atomic E-state index is 12.9. The lowest BCUT2D eigenvalue weighted by Crippen LogP contribution is -2.59. The molecular formula is C30H30N4O3S. The van der Waals surface area contributed by atoms with Crippen LogP contribution in [0.5, 0.6) is 0 Å². The molecule has 2 atom stereocenters. The number of carbonyl (C=O) groups is 2. The highest BCUT2D eigenvalue weighted by Crippen LogP contribution is 2.52.